The van der Waals surface area contributed by atoms with Crippen molar-refractivity contribution in [3.05, 3.63) is 66.2 Å². The maximum Gasteiger partial charge on any atom is 0.349 e. The number of hydrogen-bond acceptors (Lipinski definition) is 5. The number of methoxy groups -OCH3 is 1. The lowest BCUT2D eigenvalue weighted by Gasteiger charge is -2.47. The fourth-order valence-corrected chi connectivity index (χ4v) is 7.89. The molecule has 2 saturated carbocycles. The van der Waals surface area contributed by atoms with E-state index in [0.717, 1.165) is 72.0 Å². The lowest BCUT2D eigenvalue weighted by atomic mass is 9.63. The predicted octanol–water partition coefficient (Wildman–Crippen LogP) is 8.49. The van der Waals surface area contributed by atoms with Gasteiger partial charge < -0.3 is 15.0 Å². The third-order valence-electron chi connectivity index (χ3n) is 9.34. The number of ether oxygens (including phenoxy) is 1. The van der Waals surface area contributed by atoms with E-state index in [9.17, 15) is 4.79 Å². The molecule has 1 aromatic heterocycles. The molecule has 0 unspecified atom stereocenters. The topological polar surface area (TPSA) is 85.8 Å². The summed E-state index contributed by atoms with van der Waals surface area (Å²) in [6, 6.07) is 14.1. The lowest BCUT2D eigenvalue weighted by Crippen LogP contribution is -2.49. The first-order valence-electron chi connectivity index (χ1n) is 15.8. The molecule has 0 radical (unpaired) electrons. The molecule has 8 nitrogen and oxygen atoms in total. The Morgan fingerprint density at radius 1 is 1.00 bits per heavy atom. The highest BCUT2D eigenvalue weighted by Gasteiger charge is 2.45. The van der Waals surface area contributed by atoms with Gasteiger partial charge in [0.2, 0.25) is 0 Å². The van der Waals surface area contributed by atoms with Crippen LogP contribution in [0.2, 0.25) is 0 Å². The van der Waals surface area contributed by atoms with E-state index < -0.39 is 0 Å². The molecule has 8 heteroatoms. The molecule has 2 N–H and O–H groups in total. The number of imidazole rings is 1. The number of anilines is 3. The van der Waals surface area contributed by atoms with Gasteiger partial charge in [-0.05, 0) is 79.3 Å². The zero-order valence-corrected chi connectivity index (χ0v) is 26.3. The van der Waals surface area contributed by atoms with Crippen molar-refractivity contribution < 1.29 is 9.53 Å². The van der Waals surface area contributed by atoms with Crippen LogP contribution in [0, 0.1) is 16.7 Å². The van der Waals surface area contributed by atoms with Gasteiger partial charge in [0.25, 0.3) is 0 Å². The lowest BCUT2D eigenvalue weighted by molar-refractivity contribution is 0.0423. The summed E-state index contributed by atoms with van der Waals surface area (Å²) >= 11 is 0. The molecular weight excluding hydrogens is 536 g/mol. The number of aromatic amines is 1. The SMILES string of the molecule is COc1ccc2c(c1)N(c1ccc(NCc3ncc[nH]3)cc1)C(=O)N(C1CC(C)(C)CC(C)(C)C1)N=C2C1CCCCC1. The van der Waals surface area contributed by atoms with Crippen molar-refractivity contribution in [1.29, 1.82) is 0 Å². The first-order valence-corrected chi connectivity index (χ1v) is 15.8. The number of rotatable bonds is 7. The third-order valence-corrected chi connectivity index (χ3v) is 9.34. The Balaban J connectivity index is 1.44. The van der Waals surface area contributed by atoms with E-state index in [1.807, 2.05) is 52.5 Å². The summed E-state index contributed by atoms with van der Waals surface area (Å²) in [4.78, 5) is 24.2. The number of hydrazone groups is 1. The summed E-state index contributed by atoms with van der Waals surface area (Å²) in [7, 11) is 1.68. The zero-order valence-electron chi connectivity index (χ0n) is 26.3. The molecule has 2 fully saturated rings. The van der Waals surface area contributed by atoms with Crippen LogP contribution in [0.3, 0.4) is 0 Å². The number of hydrogen-bond donors (Lipinski definition) is 2. The van der Waals surface area contributed by atoms with Gasteiger partial charge in [-0.3, -0.25) is 4.90 Å². The van der Waals surface area contributed by atoms with Crippen LogP contribution in [0.1, 0.15) is 90.4 Å². The maximum absolute atomic E-state index is 14.9. The Morgan fingerprint density at radius 3 is 2.37 bits per heavy atom. The molecular formula is C35H46N6O2. The van der Waals surface area contributed by atoms with E-state index in [4.69, 9.17) is 9.84 Å². The first kappa shape index (κ1) is 29.3. The van der Waals surface area contributed by atoms with Crippen LogP contribution < -0.4 is 15.0 Å². The van der Waals surface area contributed by atoms with Gasteiger partial charge in [-0.15, -0.1) is 0 Å². The van der Waals surface area contributed by atoms with Gasteiger partial charge in [-0.1, -0.05) is 47.0 Å². The Bertz CT molecular complexity index is 1440. The standard InChI is InChI=1S/C35H46N6O2/c1-34(2)20-27(21-35(3,4)23-34)41-33(42)40(26-13-11-25(12-14-26)38-22-31-36-17-18-37-31)30-19-28(43-5)15-16-29(30)32(39-41)24-9-7-6-8-10-24/h11-19,24,27,38H,6-10,20-23H2,1-5H3,(H,36,37). The van der Waals surface area contributed by atoms with E-state index in [-0.39, 0.29) is 22.9 Å². The van der Waals surface area contributed by atoms with Gasteiger partial charge in [-0.25, -0.2) is 14.8 Å². The smallest absolute Gasteiger partial charge is 0.349 e. The van der Waals surface area contributed by atoms with Crippen LogP contribution in [0.5, 0.6) is 5.75 Å². The fraction of sp³-hybridized carbons (Fsp3) is 0.514. The quantitative estimate of drug-likeness (QED) is 0.292. The van der Waals surface area contributed by atoms with Gasteiger partial charge in [0.1, 0.15) is 11.6 Å². The second-order valence-corrected chi connectivity index (χ2v) is 14.2. The number of carbonyl (C=O) groups is 1. The second kappa shape index (κ2) is 11.7. The van der Waals surface area contributed by atoms with Gasteiger partial charge in [0.15, 0.2) is 0 Å². The summed E-state index contributed by atoms with van der Waals surface area (Å²) in [6.07, 6.45) is 12.4. The van der Waals surface area contributed by atoms with Crippen molar-refractivity contribution in [2.24, 2.45) is 21.8 Å². The van der Waals surface area contributed by atoms with Crippen LogP contribution in [0.15, 0.2) is 60.0 Å². The molecule has 0 saturated heterocycles. The molecule has 228 valence electrons. The van der Waals surface area contributed by atoms with E-state index in [1.54, 1.807) is 13.3 Å². The van der Waals surface area contributed by atoms with Crippen molar-refractivity contribution in [2.45, 2.75) is 91.6 Å². The summed E-state index contributed by atoms with van der Waals surface area (Å²) in [5, 5.41) is 10.7. The van der Waals surface area contributed by atoms with E-state index >= 15 is 0 Å². The number of fused-ring (bicyclic) bond motifs is 1. The number of nitrogens with one attached hydrogen (secondary N) is 2. The third kappa shape index (κ3) is 6.29. The minimum atomic E-state index is -0.102. The number of carbonyl (C=O) groups excluding carboxylic acids is 1. The van der Waals surface area contributed by atoms with E-state index in [2.05, 4.69) is 49.0 Å². The average Bonchev–Trinajstić information content (AvgIpc) is 3.46. The normalized spacial score (nSPS) is 20.8. The molecule has 0 bridgehead atoms. The Morgan fingerprint density at radius 2 is 1.72 bits per heavy atom. The molecule has 0 atom stereocenters. The number of H-pyrrole nitrogens is 1. The predicted molar refractivity (Wildman–Crippen MR) is 173 cm³/mol. The molecule has 2 heterocycles. The minimum Gasteiger partial charge on any atom is -0.497 e. The number of amides is 2. The van der Waals surface area contributed by atoms with Gasteiger partial charge in [0.05, 0.1) is 36.8 Å². The highest BCUT2D eigenvalue weighted by molar-refractivity contribution is 6.14. The van der Waals surface area contributed by atoms with Crippen molar-refractivity contribution in [1.82, 2.24) is 15.0 Å². The molecule has 43 heavy (non-hydrogen) atoms. The Kier molecular flexibility index (Phi) is 7.96. The fourth-order valence-electron chi connectivity index (χ4n) is 7.89. The minimum absolute atomic E-state index is 0.0118. The van der Waals surface area contributed by atoms with Crippen LogP contribution >= 0.6 is 0 Å². The van der Waals surface area contributed by atoms with Crippen molar-refractivity contribution >= 4 is 28.8 Å². The van der Waals surface area contributed by atoms with E-state index in [0.29, 0.717) is 12.5 Å². The second-order valence-electron chi connectivity index (χ2n) is 14.2. The van der Waals surface area contributed by atoms with Gasteiger partial charge in [-0.2, -0.15) is 5.10 Å². The molecule has 6 rings (SSSR count). The van der Waals surface area contributed by atoms with Crippen LogP contribution in [-0.4, -0.2) is 39.9 Å². The molecule has 2 amide bonds. The largest absolute Gasteiger partial charge is 0.497 e. The molecule has 1 aliphatic heterocycles. The van der Waals surface area contributed by atoms with Crippen LogP contribution in [0.4, 0.5) is 21.9 Å². The van der Waals surface area contributed by atoms with Gasteiger partial charge in [0, 0.05) is 35.6 Å². The zero-order chi connectivity index (χ0) is 30.2. The summed E-state index contributed by atoms with van der Waals surface area (Å²) < 4.78 is 5.70. The highest BCUT2D eigenvalue weighted by Crippen LogP contribution is 2.49. The van der Waals surface area contributed by atoms with Crippen LogP contribution in [0.25, 0.3) is 0 Å². The maximum atomic E-state index is 14.9. The van der Waals surface area contributed by atoms with E-state index in [1.165, 1.54) is 19.3 Å². The average molecular weight is 583 g/mol. The van der Waals surface area contributed by atoms with Crippen molar-refractivity contribution in [3.8, 4) is 5.75 Å². The Hall–Kier alpha value is -3.81. The van der Waals surface area contributed by atoms with Crippen molar-refractivity contribution in [3.63, 3.8) is 0 Å². The molecule has 3 aliphatic rings. The molecule has 3 aromatic rings. The summed E-state index contributed by atoms with van der Waals surface area (Å²) in [5.41, 5.74) is 4.90. The van der Waals surface area contributed by atoms with Crippen molar-refractivity contribution in [2.75, 3.05) is 17.3 Å². The number of nitrogens with zero attached hydrogens (tertiary/aromatic N) is 4. The number of aromatic nitrogens is 2. The highest BCUT2D eigenvalue weighted by atomic mass is 16.5. The summed E-state index contributed by atoms with van der Waals surface area (Å²) in [5.74, 6) is 1.92. The Labute approximate surface area is 255 Å². The number of urea groups is 1. The van der Waals surface area contributed by atoms with Crippen LogP contribution in [-0.2, 0) is 6.54 Å². The molecule has 0 spiro atoms. The first-order chi connectivity index (χ1) is 20.6. The summed E-state index contributed by atoms with van der Waals surface area (Å²) in [6.45, 7) is 9.93. The monoisotopic (exact) mass is 582 g/mol. The van der Waals surface area contributed by atoms with Gasteiger partial charge >= 0.3 is 6.03 Å². The molecule has 2 aliphatic carbocycles. The number of benzene rings is 2. The molecule has 2 aromatic carbocycles.